The summed E-state index contributed by atoms with van der Waals surface area (Å²) in [7, 11) is 1.21. The van der Waals surface area contributed by atoms with Crippen LogP contribution < -0.4 is 0 Å². The molecule has 20 heavy (non-hydrogen) atoms. The molecule has 2 rings (SSSR count). The van der Waals surface area contributed by atoms with Crippen LogP contribution in [0.5, 0.6) is 0 Å². The van der Waals surface area contributed by atoms with Crippen LogP contribution in [0.15, 0.2) is 17.0 Å². The molecule has 0 radical (unpaired) electrons. The summed E-state index contributed by atoms with van der Waals surface area (Å²) in [6.45, 7) is 1.45. The molecule has 0 unspecified atom stereocenters. The standard InChI is InChI=1S/C12H10ClNO4S2/c1-6(11(16)18-2)14-10(15)8(20-12(14)17)5-7-3-4-9(13)19-7/h3-6H,1-2H3/b8-5+/t6-/m0/s1. The third-order valence-corrected chi connectivity index (χ3v) is 4.68. The van der Waals surface area contributed by atoms with Gasteiger partial charge in [0.05, 0.1) is 16.4 Å². The van der Waals surface area contributed by atoms with Gasteiger partial charge < -0.3 is 4.74 Å². The van der Waals surface area contributed by atoms with Crippen LogP contribution in [0.4, 0.5) is 4.79 Å². The maximum atomic E-state index is 12.2. The average molecular weight is 332 g/mol. The van der Waals surface area contributed by atoms with Gasteiger partial charge in [-0.15, -0.1) is 11.3 Å². The highest BCUT2D eigenvalue weighted by Gasteiger charge is 2.41. The largest absolute Gasteiger partial charge is 0.467 e. The number of imide groups is 1. The summed E-state index contributed by atoms with van der Waals surface area (Å²) in [6, 6.07) is 2.52. The van der Waals surface area contributed by atoms with Gasteiger partial charge in [0.15, 0.2) is 0 Å². The van der Waals surface area contributed by atoms with Gasteiger partial charge >= 0.3 is 5.97 Å². The average Bonchev–Trinajstić information content (AvgIpc) is 2.93. The Balaban J connectivity index is 2.25. The van der Waals surface area contributed by atoms with E-state index in [-0.39, 0.29) is 4.91 Å². The van der Waals surface area contributed by atoms with Gasteiger partial charge in [-0.2, -0.15) is 0 Å². The first-order valence-corrected chi connectivity index (χ1v) is 7.55. The third kappa shape index (κ3) is 2.89. The van der Waals surface area contributed by atoms with Gasteiger partial charge in [-0.25, -0.2) is 4.79 Å². The fourth-order valence-electron chi connectivity index (χ4n) is 1.62. The second-order valence-electron chi connectivity index (χ2n) is 3.89. The van der Waals surface area contributed by atoms with E-state index in [1.54, 1.807) is 18.2 Å². The molecule has 0 N–H and O–H groups in total. The summed E-state index contributed by atoms with van der Waals surface area (Å²) in [5.41, 5.74) is 0. The van der Waals surface area contributed by atoms with E-state index in [9.17, 15) is 14.4 Å². The smallest absolute Gasteiger partial charge is 0.328 e. The second kappa shape index (κ2) is 5.99. The highest BCUT2D eigenvalue weighted by Crippen LogP contribution is 2.35. The number of methoxy groups -OCH3 is 1. The van der Waals surface area contributed by atoms with E-state index in [1.807, 2.05) is 0 Å². The molecule has 1 saturated heterocycles. The minimum absolute atomic E-state index is 0.268. The van der Waals surface area contributed by atoms with Gasteiger partial charge in [-0.1, -0.05) is 11.6 Å². The first kappa shape index (κ1) is 15.1. The number of nitrogens with zero attached hydrogens (tertiary/aromatic N) is 1. The Bertz CT molecular complexity index is 610. The normalized spacial score (nSPS) is 18.8. The molecule has 0 saturated carbocycles. The Morgan fingerprint density at radius 2 is 2.15 bits per heavy atom. The number of carbonyl (C=O) groups is 3. The molecule has 2 amide bonds. The van der Waals surface area contributed by atoms with Crippen molar-refractivity contribution >= 4 is 57.9 Å². The zero-order valence-electron chi connectivity index (χ0n) is 10.6. The summed E-state index contributed by atoms with van der Waals surface area (Å²) < 4.78 is 5.14. The fourth-order valence-corrected chi connectivity index (χ4v) is 3.60. The van der Waals surface area contributed by atoms with E-state index in [2.05, 4.69) is 4.74 Å². The highest BCUT2D eigenvalue weighted by atomic mass is 35.5. The van der Waals surface area contributed by atoms with Gasteiger partial charge in [-0.05, 0) is 36.9 Å². The van der Waals surface area contributed by atoms with Crippen LogP contribution >= 0.6 is 34.7 Å². The van der Waals surface area contributed by atoms with E-state index in [4.69, 9.17) is 11.6 Å². The van der Waals surface area contributed by atoms with Crippen LogP contribution in [0.25, 0.3) is 6.08 Å². The fraction of sp³-hybridized carbons (Fsp3) is 0.250. The van der Waals surface area contributed by atoms with Gasteiger partial charge in [0.25, 0.3) is 11.1 Å². The van der Waals surface area contributed by atoms with E-state index in [0.717, 1.165) is 21.5 Å². The number of carbonyl (C=O) groups excluding carboxylic acids is 3. The predicted molar refractivity (Wildman–Crippen MR) is 78.6 cm³/mol. The summed E-state index contributed by atoms with van der Waals surface area (Å²) in [5, 5.41) is -0.484. The Hall–Kier alpha value is -1.31. The van der Waals surface area contributed by atoms with E-state index >= 15 is 0 Å². The summed E-state index contributed by atoms with van der Waals surface area (Å²) in [4.78, 5) is 37.4. The summed E-state index contributed by atoms with van der Waals surface area (Å²) in [6.07, 6.45) is 1.59. The Morgan fingerprint density at radius 3 is 2.70 bits per heavy atom. The molecule has 1 aliphatic rings. The summed E-state index contributed by atoms with van der Waals surface area (Å²) >= 11 is 7.91. The quantitative estimate of drug-likeness (QED) is 0.629. The van der Waals surface area contributed by atoms with E-state index in [0.29, 0.717) is 4.34 Å². The number of thiophene rings is 1. The van der Waals surface area contributed by atoms with Crippen molar-refractivity contribution in [2.45, 2.75) is 13.0 Å². The molecule has 1 aliphatic heterocycles. The zero-order valence-corrected chi connectivity index (χ0v) is 13.0. The molecule has 0 aromatic carbocycles. The van der Waals surface area contributed by atoms with Gasteiger partial charge in [0.2, 0.25) is 0 Å². The van der Waals surface area contributed by atoms with Crippen molar-refractivity contribution in [2.75, 3.05) is 7.11 Å². The minimum atomic E-state index is -0.940. The van der Waals surface area contributed by atoms with Crippen LogP contribution in [0.2, 0.25) is 4.34 Å². The maximum Gasteiger partial charge on any atom is 0.328 e. The summed E-state index contributed by atoms with van der Waals surface area (Å²) in [5.74, 6) is -1.13. The predicted octanol–water partition coefficient (Wildman–Crippen LogP) is 3.00. The van der Waals surface area contributed by atoms with Crippen molar-refractivity contribution in [2.24, 2.45) is 0 Å². The number of amides is 2. The first-order valence-electron chi connectivity index (χ1n) is 5.54. The van der Waals surface area contributed by atoms with Crippen LogP contribution in [-0.4, -0.2) is 35.2 Å². The van der Waals surface area contributed by atoms with Crippen molar-refractivity contribution in [3.05, 3.63) is 26.3 Å². The lowest BCUT2D eigenvalue weighted by molar-refractivity contribution is -0.148. The molecular weight excluding hydrogens is 322 g/mol. The lowest BCUT2D eigenvalue weighted by atomic mass is 10.3. The number of hydrogen-bond acceptors (Lipinski definition) is 6. The molecule has 5 nitrogen and oxygen atoms in total. The van der Waals surface area contributed by atoms with Gasteiger partial charge in [0, 0.05) is 4.88 Å². The molecule has 0 bridgehead atoms. The second-order valence-corrected chi connectivity index (χ2v) is 6.63. The van der Waals surface area contributed by atoms with Crippen molar-refractivity contribution in [3.63, 3.8) is 0 Å². The van der Waals surface area contributed by atoms with E-state index < -0.39 is 23.2 Å². The molecule has 2 heterocycles. The molecule has 0 aliphatic carbocycles. The third-order valence-electron chi connectivity index (χ3n) is 2.62. The first-order chi connectivity index (χ1) is 9.43. The number of ether oxygens (including phenoxy) is 1. The maximum absolute atomic E-state index is 12.2. The number of hydrogen-bond donors (Lipinski definition) is 0. The van der Waals surface area contributed by atoms with Gasteiger partial charge in [0.1, 0.15) is 6.04 Å². The van der Waals surface area contributed by atoms with Crippen LogP contribution in [0, 0.1) is 0 Å². The Morgan fingerprint density at radius 1 is 1.45 bits per heavy atom. The SMILES string of the molecule is COC(=O)[C@H](C)N1C(=O)S/C(=C/c2ccc(Cl)s2)C1=O. The molecule has 0 spiro atoms. The molecule has 106 valence electrons. The number of rotatable bonds is 3. The number of thioether (sulfide) groups is 1. The van der Waals surface area contributed by atoms with Crippen molar-refractivity contribution in [1.82, 2.24) is 4.90 Å². The number of halogens is 1. The zero-order chi connectivity index (χ0) is 14.9. The highest BCUT2D eigenvalue weighted by molar-refractivity contribution is 8.18. The molecular formula is C12H10ClNO4S2. The Labute approximate surface area is 128 Å². The minimum Gasteiger partial charge on any atom is -0.467 e. The molecule has 1 aromatic rings. The van der Waals surface area contributed by atoms with Crippen molar-refractivity contribution in [1.29, 1.82) is 0 Å². The lowest BCUT2D eigenvalue weighted by Gasteiger charge is -2.18. The van der Waals surface area contributed by atoms with Crippen LogP contribution in [-0.2, 0) is 14.3 Å². The van der Waals surface area contributed by atoms with Crippen molar-refractivity contribution in [3.8, 4) is 0 Å². The molecule has 8 heteroatoms. The van der Waals surface area contributed by atoms with Crippen LogP contribution in [0.3, 0.4) is 0 Å². The van der Waals surface area contributed by atoms with Crippen LogP contribution in [0.1, 0.15) is 11.8 Å². The van der Waals surface area contributed by atoms with Gasteiger partial charge in [-0.3, -0.25) is 14.5 Å². The molecule has 1 atom stereocenters. The number of esters is 1. The topological polar surface area (TPSA) is 63.7 Å². The Kier molecular flexibility index (Phi) is 4.52. The molecule has 1 aromatic heterocycles. The molecule has 1 fully saturated rings. The monoisotopic (exact) mass is 331 g/mol. The van der Waals surface area contributed by atoms with Crippen molar-refractivity contribution < 1.29 is 19.1 Å². The lowest BCUT2D eigenvalue weighted by Crippen LogP contribution is -2.42. The van der Waals surface area contributed by atoms with E-state index in [1.165, 1.54) is 25.4 Å².